The summed E-state index contributed by atoms with van der Waals surface area (Å²) in [6, 6.07) is 7.29. The fourth-order valence-corrected chi connectivity index (χ4v) is 4.27. The summed E-state index contributed by atoms with van der Waals surface area (Å²) in [5.74, 6) is -1.19. The molecule has 0 aliphatic carbocycles. The minimum absolute atomic E-state index is 0.0782. The van der Waals surface area contributed by atoms with Gasteiger partial charge in [0.1, 0.15) is 10.8 Å². The topological polar surface area (TPSA) is 128 Å². The molecule has 0 aliphatic rings. The van der Waals surface area contributed by atoms with E-state index in [9.17, 15) is 22.8 Å². The number of nitrogens with one attached hydrogen (secondary N) is 2. The summed E-state index contributed by atoms with van der Waals surface area (Å²) >= 11 is 1.07. The Kier molecular flexibility index (Phi) is 7.74. The van der Waals surface area contributed by atoms with Gasteiger partial charge in [-0.3, -0.25) is 14.9 Å². The van der Waals surface area contributed by atoms with Crippen LogP contribution in [0.15, 0.2) is 40.6 Å². The number of carbonyl (C=O) groups excluding carboxylic acids is 3. The SMILES string of the molecule is CCOC(=O)NC(=O)c1ccsc1NC(=O)CCS(=O)(=O)c1ccc(OC)cc1. The maximum Gasteiger partial charge on any atom is 0.414 e. The van der Waals surface area contributed by atoms with Gasteiger partial charge in [-0.25, -0.2) is 13.2 Å². The lowest BCUT2D eigenvalue weighted by molar-refractivity contribution is -0.115. The summed E-state index contributed by atoms with van der Waals surface area (Å²) in [4.78, 5) is 35.7. The Morgan fingerprint density at radius 2 is 1.79 bits per heavy atom. The molecule has 0 unspecified atom stereocenters. The van der Waals surface area contributed by atoms with Gasteiger partial charge in [-0.1, -0.05) is 0 Å². The molecule has 0 saturated heterocycles. The number of hydrogen-bond acceptors (Lipinski definition) is 8. The number of benzene rings is 1. The lowest BCUT2D eigenvalue weighted by Gasteiger charge is -2.08. The van der Waals surface area contributed by atoms with Crippen molar-refractivity contribution in [1.29, 1.82) is 0 Å². The third-order valence-corrected chi connectivity index (χ3v) is 6.23. The average Bonchev–Trinajstić information content (AvgIpc) is 3.15. The average molecular weight is 440 g/mol. The maximum absolute atomic E-state index is 12.4. The molecule has 1 aromatic carbocycles. The van der Waals surface area contributed by atoms with Gasteiger partial charge in [0.2, 0.25) is 5.91 Å². The number of ether oxygens (including phenoxy) is 2. The van der Waals surface area contributed by atoms with Crippen molar-refractivity contribution in [2.75, 3.05) is 24.8 Å². The summed E-state index contributed by atoms with van der Waals surface area (Å²) in [6.07, 6.45) is -1.20. The first-order valence-electron chi connectivity index (χ1n) is 8.49. The molecule has 29 heavy (non-hydrogen) atoms. The van der Waals surface area contributed by atoms with Crippen LogP contribution < -0.4 is 15.4 Å². The van der Waals surface area contributed by atoms with E-state index in [0.717, 1.165) is 11.3 Å². The van der Waals surface area contributed by atoms with Crippen LogP contribution in [0.1, 0.15) is 23.7 Å². The molecule has 0 saturated carbocycles. The normalized spacial score (nSPS) is 10.8. The summed E-state index contributed by atoms with van der Waals surface area (Å²) in [5, 5.41) is 6.30. The first-order valence-corrected chi connectivity index (χ1v) is 11.0. The van der Waals surface area contributed by atoms with E-state index in [-0.39, 0.29) is 28.5 Å². The van der Waals surface area contributed by atoms with Crippen molar-refractivity contribution in [1.82, 2.24) is 5.32 Å². The highest BCUT2D eigenvalue weighted by molar-refractivity contribution is 7.91. The highest BCUT2D eigenvalue weighted by Gasteiger charge is 2.20. The monoisotopic (exact) mass is 440 g/mol. The van der Waals surface area contributed by atoms with E-state index >= 15 is 0 Å². The van der Waals surface area contributed by atoms with Crippen LogP contribution in [0.2, 0.25) is 0 Å². The molecule has 9 nitrogen and oxygen atoms in total. The predicted molar refractivity (Wildman–Crippen MR) is 107 cm³/mol. The standard InChI is InChI=1S/C18H20N2O7S2/c1-3-27-18(23)20-16(22)14-8-10-28-17(14)19-15(21)9-11-29(24,25)13-6-4-12(26-2)5-7-13/h4-8,10H,3,9,11H2,1-2H3,(H,19,21)(H,20,22,23). The van der Waals surface area contributed by atoms with E-state index in [1.165, 1.54) is 37.4 Å². The van der Waals surface area contributed by atoms with Crippen LogP contribution in [-0.2, 0) is 19.4 Å². The van der Waals surface area contributed by atoms with Crippen LogP contribution in [-0.4, -0.2) is 45.8 Å². The molecule has 0 aliphatic heterocycles. The van der Waals surface area contributed by atoms with Gasteiger partial charge in [0.25, 0.3) is 5.91 Å². The Morgan fingerprint density at radius 3 is 2.41 bits per heavy atom. The third-order valence-electron chi connectivity index (χ3n) is 3.67. The highest BCUT2D eigenvalue weighted by atomic mass is 32.2. The summed E-state index contributed by atoms with van der Waals surface area (Å²) < 4.78 is 34.3. The van der Waals surface area contributed by atoms with E-state index in [4.69, 9.17) is 4.74 Å². The molecule has 0 atom stereocenters. The molecule has 0 fully saturated rings. The number of methoxy groups -OCH3 is 1. The molecule has 1 aromatic heterocycles. The van der Waals surface area contributed by atoms with Gasteiger partial charge < -0.3 is 14.8 Å². The van der Waals surface area contributed by atoms with Crippen LogP contribution in [0.5, 0.6) is 5.75 Å². The molecule has 11 heteroatoms. The van der Waals surface area contributed by atoms with Crippen LogP contribution in [0.3, 0.4) is 0 Å². The predicted octanol–water partition coefficient (Wildman–Crippen LogP) is 2.45. The number of carbonyl (C=O) groups is 3. The van der Waals surface area contributed by atoms with E-state index in [0.29, 0.717) is 5.75 Å². The zero-order chi connectivity index (χ0) is 21.4. The Bertz CT molecular complexity index is 982. The van der Waals surface area contributed by atoms with E-state index in [2.05, 4.69) is 10.1 Å². The van der Waals surface area contributed by atoms with Gasteiger partial charge in [-0.05, 0) is 42.6 Å². The fourth-order valence-electron chi connectivity index (χ4n) is 2.23. The van der Waals surface area contributed by atoms with Gasteiger partial charge in [-0.2, -0.15) is 0 Å². The number of rotatable bonds is 8. The molecule has 3 amide bonds. The second kappa shape index (κ2) is 10.0. The number of anilines is 1. The molecule has 0 bridgehead atoms. The first kappa shape index (κ1) is 22.4. The quantitative estimate of drug-likeness (QED) is 0.645. The number of amides is 3. The number of hydrogen-bond donors (Lipinski definition) is 2. The highest BCUT2D eigenvalue weighted by Crippen LogP contribution is 2.24. The van der Waals surface area contributed by atoms with Crippen molar-refractivity contribution in [2.24, 2.45) is 0 Å². The molecule has 2 N–H and O–H groups in total. The van der Waals surface area contributed by atoms with Crippen LogP contribution in [0, 0.1) is 0 Å². The molecule has 0 radical (unpaired) electrons. The Hall–Kier alpha value is -2.92. The van der Waals surface area contributed by atoms with E-state index < -0.39 is 33.5 Å². The molecule has 2 aromatic rings. The van der Waals surface area contributed by atoms with Gasteiger partial charge >= 0.3 is 6.09 Å². The van der Waals surface area contributed by atoms with Gasteiger partial charge in [0.15, 0.2) is 9.84 Å². The zero-order valence-corrected chi connectivity index (χ0v) is 17.4. The molecule has 1 heterocycles. The summed E-state index contributed by atoms with van der Waals surface area (Å²) in [6.45, 7) is 1.70. The van der Waals surface area contributed by atoms with Crippen molar-refractivity contribution in [2.45, 2.75) is 18.2 Å². The molecular weight excluding hydrogens is 420 g/mol. The number of imide groups is 1. The number of thiophene rings is 1. The Balaban J connectivity index is 1.96. The first-order chi connectivity index (χ1) is 13.8. The molecule has 0 spiro atoms. The zero-order valence-electron chi connectivity index (χ0n) is 15.8. The van der Waals surface area contributed by atoms with Crippen molar-refractivity contribution >= 4 is 44.1 Å². The van der Waals surface area contributed by atoms with Crippen molar-refractivity contribution in [3.05, 3.63) is 41.3 Å². The Labute approximate surface area is 171 Å². The van der Waals surface area contributed by atoms with Crippen molar-refractivity contribution in [3.8, 4) is 5.75 Å². The Morgan fingerprint density at radius 1 is 1.10 bits per heavy atom. The lowest BCUT2D eigenvalue weighted by Crippen LogP contribution is -2.31. The second-order valence-corrected chi connectivity index (χ2v) is 8.66. The minimum atomic E-state index is -3.66. The second-order valence-electron chi connectivity index (χ2n) is 5.63. The fraction of sp³-hybridized carbons (Fsp3) is 0.278. The third kappa shape index (κ3) is 6.29. The van der Waals surface area contributed by atoms with Crippen molar-refractivity contribution in [3.63, 3.8) is 0 Å². The molecule has 2 rings (SSSR count). The maximum atomic E-state index is 12.4. The molecular formula is C18H20N2O7S2. The summed E-state index contributed by atoms with van der Waals surface area (Å²) in [5.41, 5.74) is 0.0782. The summed E-state index contributed by atoms with van der Waals surface area (Å²) in [7, 11) is -2.19. The number of alkyl carbamates (subject to hydrolysis) is 1. The van der Waals surface area contributed by atoms with E-state index in [1.54, 1.807) is 12.3 Å². The minimum Gasteiger partial charge on any atom is -0.497 e. The van der Waals surface area contributed by atoms with Gasteiger partial charge in [-0.15, -0.1) is 11.3 Å². The largest absolute Gasteiger partial charge is 0.497 e. The van der Waals surface area contributed by atoms with E-state index in [1.807, 2.05) is 5.32 Å². The number of sulfone groups is 1. The van der Waals surface area contributed by atoms with Gasteiger partial charge in [0, 0.05) is 6.42 Å². The van der Waals surface area contributed by atoms with Gasteiger partial charge in [0.05, 0.1) is 29.9 Å². The van der Waals surface area contributed by atoms with Crippen molar-refractivity contribution < 1.29 is 32.3 Å². The lowest BCUT2D eigenvalue weighted by atomic mass is 10.3. The van der Waals surface area contributed by atoms with Crippen LogP contribution >= 0.6 is 11.3 Å². The van der Waals surface area contributed by atoms with Crippen LogP contribution in [0.4, 0.5) is 9.80 Å². The molecule has 156 valence electrons. The van der Waals surface area contributed by atoms with Crippen LogP contribution in [0.25, 0.3) is 0 Å². The smallest absolute Gasteiger partial charge is 0.414 e.